The van der Waals surface area contributed by atoms with Crippen molar-refractivity contribution in [3.63, 3.8) is 0 Å². The summed E-state index contributed by atoms with van der Waals surface area (Å²) in [7, 11) is 0. The minimum atomic E-state index is -1.26. The Morgan fingerprint density at radius 2 is 1.96 bits per heavy atom. The second-order valence-electron chi connectivity index (χ2n) is 5.49. The number of amides is 1. The summed E-state index contributed by atoms with van der Waals surface area (Å²) in [6, 6.07) is 9.38. The van der Waals surface area contributed by atoms with Gasteiger partial charge in [-0.3, -0.25) is 14.4 Å². The summed E-state index contributed by atoms with van der Waals surface area (Å²) in [5, 5.41) is 2.56. The molecule has 0 unspecified atom stereocenters. The van der Waals surface area contributed by atoms with Crippen LogP contribution in [0.4, 0.5) is 5.69 Å². The molecule has 0 spiro atoms. The van der Waals surface area contributed by atoms with Crippen molar-refractivity contribution in [3.8, 4) is 0 Å². The van der Waals surface area contributed by atoms with Crippen molar-refractivity contribution in [3.05, 3.63) is 30.3 Å². The molecule has 2 rings (SSSR count). The van der Waals surface area contributed by atoms with E-state index in [1.807, 2.05) is 35.2 Å². The summed E-state index contributed by atoms with van der Waals surface area (Å²) in [5.74, 6) is -1.18. The van der Waals surface area contributed by atoms with E-state index in [-0.39, 0.29) is 18.9 Å². The lowest BCUT2D eigenvalue weighted by molar-refractivity contribution is -0.145. The molecule has 0 bridgehead atoms. The molecule has 1 aromatic carbocycles. The number of benzene rings is 1. The van der Waals surface area contributed by atoms with Crippen LogP contribution < -0.4 is 10.2 Å². The van der Waals surface area contributed by atoms with E-state index in [9.17, 15) is 14.4 Å². The number of nitrogens with one attached hydrogen (secondary N) is 1. The first-order valence-corrected chi connectivity index (χ1v) is 7.80. The van der Waals surface area contributed by atoms with Crippen LogP contribution in [-0.4, -0.2) is 42.9 Å². The topological polar surface area (TPSA) is 75.7 Å². The smallest absolute Gasteiger partial charge is 0.325 e. The summed E-state index contributed by atoms with van der Waals surface area (Å²) in [6.07, 6.45) is 1.17. The molecule has 6 nitrogen and oxygen atoms in total. The Morgan fingerprint density at radius 1 is 1.26 bits per heavy atom. The molecule has 0 saturated carbocycles. The third-order valence-electron chi connectivity index (χ3n) is 4.11. The Bertz CT molecular complexity index is 588. The molecule has 1 aliphatic heterocycles. The second kappa shape index (κ2) is 7.26. The molecule has 124 valence electrons. The molecule has 1 aliphatic rings. The van der Waals surface area contributed by atoms with Crippen molar-refractivity contribution in [1.29, 1.82) is 0 Å². The van der Waals surface area contributed by atoms with E-state index in [0.717, 1.165) is 12.1 Å². The molecule has 6 heteroatoms. The third kappa shape index (κ3) is 3.36. The first kappa shape index (κ1) is 17.0. The predicted octanol–water partition coefficient (Wildman–Crippen LogP) is 1.29. The number of anilines is 1. The molecule has 1 amide bonds. The fourth-order valence-corrected chi connectivity index (χ4v) is 3.05. The van der Waals surface area contributed by atoms with Crippen LogP contribution in [0.2, 0.25) is 0 Å². The van der Waals surface area contributed by atoms with Gasteiger partial charge in [-0.2, -0.15) is 0 Å². The largest absolute Gasteiger partial charge is 0.465 e. The molecule has 1 atom stereocenters. The van der Waals surface area contributed by atoms with Gasteiger partial charge >= 0.3 is 5.97 Å². The van der Waals surface area contributed by atoms with Crippen molar-refractivity contribution < 1.29 is 19.1 Å². The molecule has 1 heterocycles. The number of carbonyl (C=O) groups excluding carboxylic acids is 3. The SMILES string of the molecule is CCOC(=O)CNC(=O)[C@]1(C(C)=O)CCCN1c1ccccc1. The first-order chi connectivity index (χ1) is 11.0. The number of nitrogens with zero attached hydrogens (tertiary/aromatic N) is 1. The van der Waals surface area contributed by atoms with Crippen LogP contribution in [0.15, 0.2) is 30.3 Å². The van der Waals surface area contributed by atoms with Gasteiger partial charge in [0.25, 0.3) is 5.91 Å². The molecule has 0 radical (unpaired) electrons. The maximum absolute atomic E-state index is 12.7. The lowest BCUT2D eigenvalue weighted by Crippen LogP contribution is -2.60. The van der Waals surface area contributed by atoms with Crippen molar-refractivity contribution >= 4 is 23.3 Å². The minimum Gasteiger partial charge on any atom is -0.465 e. The molecule has 0 aliphatic carbocycles. The van der Waals surface area contributed by atoms with Gasteiger partial charge in [0.2, 0.25) is 0 Å². The zero-order valence-corrected chi connectivity index (χ0v) is 13.5. The van der Waals surface area contributed by atoms with Crippen molar-refractivity contribution in [2.45, 2.75) is 32.2 Å². The molecule has 23 heavy (non-hydrogen) atoms. The van der Waals surface area contributed by atoms with E-state index in [2.05, 4.69) is 5.32 Å². The van der Waals surface area contributed by atoms with Gasteiger partial charge in [0.15, 0.2) is 11.3 Å². The Morgan fingerprint density at radius 3 is 2.57 bits per heavy atom. The number of esters is 1. The normalized spacial score (nSPS) is 20.2. The van der Waals surface area contributed by atoms with Crippen LogP contribution >= 0.6 is 0 Å². The highest BCUT2D eigenvalue weighted by atomic mass is 16.5. The van der Waals surface area contributed by atoms with Gasteiger partial charge in [-0.15, -0.1) is 0 Å². The molecule has 0 aromatic heterocycles. The monoisotopic (exact) mass is 318 g/mol. The maximum Gasteiger partial charge on any atom is 0.325 e. The summed E-state index contributed by atoms with van der Waals surface area (Å²) in [5.41, 5.74) is -0.431. The number of para-hydroxylation sites is 1. The number of ketones is 1. The maximum atomic E-state index is 12.7. The highest BCUT2D eigenvalue weighted by Crippen LogP contribution is 2.35. The van der Waals surface area contributed by atoms with Crippen molar-refractivity contribution in [1.82, 2.24) is 5.32 Å². The van der Waals surface area contributed by atoms with Crippen LogP contribution in [-0.2, 0) is 19.1 Å². The fraction of sp³-hybridized carbons (Fsp3) is 0.471. The molecule has 1 N–H and O–H groups in total. The van der Waals surface area contributed by atoms with E-state index < -0.39 is 17.4 Å². The van der Waals surface area contributed by atoms with Crippen LogP contribution in [0.1, 0.15) is 26.7 Å². The lowest BCUT2D eigenvalue weighted by atomic mass is 9.89. The van der Waals surface area contributed by atoms with Crippen LogP contribution in [0.3, 0.4) is 0 Å². The average Bonchev–Trinajstić information content (AvgIpc) is 3.00. The Labute approximate surface area is 135 Å². The summed E-state index contributed by atoms with van der Waals surface area (Å²) < 4.78 is 4.81. The van der Waals surface area contributed by atoms with E-state index >= 15 is 0 Å². The van der Waals surface area contributed by atoms with Gasteiger partial charge in [0.05, 0.1) is 6.61 Å². The quantitative estimate of drug-likeness (QED) is 0.632. The zero-order chi connectivity index (χ0) is 16.9. The van der Waals surface area contributed by atoms with Crippen molar-refractivity contribution in [2.24, 2.45) is 0 Å². The van der Waals surface area contributed by atoms with Crippen LogP contribution in [0, 0.1) is 0 Å². The number of hydrogen-bond acceptors (Lipinski definition) is 5. The summed E-state index contributed by atoms with van der Waals surface area (Å²) >= 11 is 0. The Kier molecular flexibility index (Phi) is 5.36. The highest BCUT2D eigenvalue weighted by Gasteiger charge is 2.51. The van der Waals surface area contributed by atoms with Crippen LogP contribution in [0.5, 0.6) is 0 Å². The number of ether oxygens (including phenoxy) is 1. The molecule has 1 saturated heterocycles. The van der Waals surface area contributed by atoms with Gasteiger partial charge in [0.1, 0.15) is 6.54 Å². The number of carbonyl (C=O) groups is 3. The molecular formula is C17H22N2O4. The minimum absolute atomic E-state index is 0.222. The summed E-state index contributed by atoms with van der Waals surface area (Å²) in [6.45, 7) is 3.76. The van der Waals surface area contributed by atoms with Gasteiger partial charge < -0.3 is 15.0 Å². The lowest BCUT2D eigenvalue weighted by Gasteiger charge is -2.36. The fourth-order valence-electron chi connectivity index (χ4n) is 3.05. The Hall–Kier alpha value is -2.37. The first-order valence-electron chi connectivity index (χ1n) is 7.80. The second-order valence-corrected chi connectivity index (χ2v) is 5.49. The standard InChI is InChI=1S/C17H22N2O4/c1-3-23-15(21)12-18-16(22)17(13(2)20)10-7-11-19(17)14-8-5-4-6-9-14/h4-6,8-9H,3,7,10-12H2,1-2H3,(H,18,22)/t17-/m1/s1. The highest BCUT2D eigenvalue weighted by molar-refractivity contribution is 6.13. The van der Waals surface area contributed by atoms with E-state index in [4.69, 9.17) is 4.74 Å². The molecular weight excluding hydrogens is 296 g/mol. The van der Waals surface area contributed by atoms with Crippen molar-refractivity contribution in [2.75, 3.05) is 24.6 Å². The van der Waals surface area contributed by atoms with Crippen LogP contribution in [0.25, 0.3) is 0 Å². The Balaban J connectivity index is 2.22. The van der Waals surface area contributed by atoms with E-state index in [0.29, 0.717) is 13.0 Å². The average molecular weight is 318 g/mol. The van der Waals surface area contributed by atoms with Gasteiger partial charge in [0, 0.05) is 12.2 Å². The third-order valence-corrected chi connectivity index (χ3v) is 4.11. The predicted molar refractivity (Wildman–Crippen MR) is 86.1 cm³/mol. The van der Waals surface area contributed by atoms with Gasteiger partial charge in [-0.25, -0.2) is 0 Å². The summed E-state index contributed by atoms with van der Waals surface area (Å²) in [4.78, 5) is 38.3. The van der Waals surface area contributed by atoms with Gasteiger partial charge in [-0.05, 0) is 38.8 Å². The number of rotatable bonds is 6. The molecule has 1 aromatic rings. The van der Waals surface area contributed by atoms with E-state index in [1.165, 1.54) is 6.92 Å². The number of Topliss-reactive ketones (excluding diaryl/α,β-unsaturated/α-hetero) is 1. The van der Waals surface area contributed by atoms with Gasteiger partial charge in [-0.1, -0.05) is 18.2 Å². The zero-order valence-electron chi connectivity index (χ0n) is 13.5. The molecule has 1 fully saturated rings. The van der Waals surface area contributed by atoms with E-state index in [1.54, 1.807) is 6.92 Å². The number of hydrogen-bond donors (Lipinski definition) is 1.